The molecule has 1 N–H and O–H groups in total. The number of aliphatic hydroxyl groups excluding tert-OH is 1. The van der Waals surface area contributed by atoms with E-state index < -0.39 is 29.2 Å². The molecular formula is C25H26ClF2NO4. The summed E-state index contributed by atoms with van der Waals surface area (Å²) in [5, 5.41) is 10.3. The summed E-state index contributed by atoms with van der Waals surface area (Å²) in [6.07, 6.45) is 1.30. The number of β-amino-alcohol motifs (C(OH)–C–C–N with tert-alkyl or cyclic N) is 1. The molecule has 0 aromatic heterocycles. The van der Waals surface area contributed by atoms with Crippen molar-refractivity contribution in [2.75, 3.05) is 19.7 Å². The monoisotopic (exact) mass is 477 g/mol. The Kier molecular flexibility index (Phi) is 5.95. The maximum absolute atomic E-state index is 15.2. The fourth-order valence-electron chi connectivity index (χ4n) is 5.68. The van der Waals surface area contributed by atoms with Crippen LogP contribution in [0.4, 0.5) is 13.6 Å². The van der Waals surface area contributed by atoms with Crippen molar-refractivity contribution in [1.29, 1.82) is 0 Å². The molecule has 5 nitrogen and oxygen atoms in total. The number of fused-ring (bicyclic) bond motifs is 3. The van der Waals surface area contributed by atoms with E-state index in [0.717, 1.165) is 17.7 Å². The zero-order valence-electron chi connectivity index (χ0n) is 18.1. The number of aliphatic hydroxyl groups is 1. The second-order valence-electron chi connectivity index (χ2n) is 9.37. The van der Waals surface area contributed by atoms with Gasteiger partial charge in [0.05, 0.1) is 12.7 Å². The Balaban J connectivity index is 1.44. The van der Waals surface area contributed by atoms with Gasteiger partial charge in [-0.25, -0.2) is 13.6 Å². The molecular weight excluding hydrogens is 452 g/mol. The van der Waals surface area contributed by atoms with Gasteiger partial charge in [0.15, 0.2) is 11.6 Å². The molecule has 4 atom stereocenters. The maximum Gasteiger partial charge on any atom is 0.410 e. The van der Waals surface area contributed by atoms with E-state index in [1.54, 1.807) is 12.1 Å². The fraction of sp³-hybridized carbons (Fsp3) is 0.480. The molecule has 2 aliphatic heterocycles. The van der Waals surface area contributed by atoms with Gasteiger partial charge in [0.25, 0.3) is 0 Å². The van der Waals surface area contributed by atoms with Crippen LogP contribution in [0.25, 0.3) is 0 Å². The molecule has 3 aliphatic rings. The quantitative estimate of drug-likeness (QED) is 0.685. The van der Waals surface area contributed by atoms with Crippen LogP contribution in [-0.2, 0) is 16.6 Å². The van der Waals surface area contributed by atoms with Crippen LogP contribution in [0.2, 0.25) is 5.02 Å². The highest BCUT2D eigenvalue weighted by molar-refractivity contribution is 6.30. The van der Waals surface area contributed by atoms with E-state index in [9.17, 15) is 14.3 Å². The standard InChI is InChI=1S/C25H26ClF2NO4/c26-17-3-1-15(2-4-17)12-25-9-7-19(33-24(31)29-10-8-18(30)13-29)11-16(25)14-32-23-21(28)6-5-20(27)22(23)25/h1-6,16,18-19,30H,7-14H2/t16-,18-,19-,25+/m1/s1. The number of hydrogen-bond acceptors (Lipinski definition) is 4. The first-order valence-corrected chi connectivity index (χ1v) is 11.7. The summed E-state index contributed by atoms with van der Waals surface area (Å²) in [4.78, 5) is 14.1. The molecule has 1 aliphatic carbocycles. The first-order chi connectivity index (χ1) is 15.9. The Bertz CT molecular complexity index is 1050. The molecule has 176 valence electrons. The van der Waals surface area contributed by atoms with Crippen molar-refractivity contribution in [1.82, 2.24) is 4.90 Å². The van der Waals surface area contributed by atoms with Gasteiger partial charge >= 0.3 is 6.09 Å². The van der Waals surface area contributed by atoms with E-state index in [0.29, 0.717) is 43.7 Å². The van der Waals surface area contributed by atoms with Crippen LogP contribution in [0, 0.1) is 17.6 Å². The molecule has 2 heterocycles. The van der Waals surface area contributed by atoms with Gasteiger partial charge in [-0.15, -0.1) is 0 Å². The van der Waals surface area contributed by atoms with Gasteiger partial charge in [-0.3, -0.25) is 0 Å². The molecule has 2 fully saturated rings. The number of amides is 1. The van der Waals surface area contributed by atoms with Crippen molar-refractivity contribution in [3.63, 3.8) is 0 Å². The summed E-state index contributed by atoms with van der Waals surface area (Å²) in [6, 6.07) is 9.67. The van der Waals surface area contributed by atoms with Gasteiger partial charge < -0.3 is 19.5 Å². The molecule has 33 heavy (non-hydrogen) atoms. The van der Waals surface area contributed by atoms with Crippen LogP contribution < -0.4 is 4.74 Å². The first-order valence-electron chi connectivity index (χ1n) is 11.3. The fourth-order valence-corrected chi connectivity index (χ4v) is 5.81. The minimum Gasteiger partial charge on any atom is -0.490 e. The number of likely N-dealkylation sites (tertiary alicyclic amines) is 1. The number of hydrogen-bond donors (Lipinski definition) is 1. The van der Waals surface area contributed by atoms with Crippen LogP contribution in [0.3, 0.4) is 0 Å². The lowest BCUT2D eigenvalue weighted by Gasteiger charge is -2.50. The van der Waals surface area contributed by atoms with E-state index in [4.69, 9.17) is 21.1 Å². The Morgan fingerprint density at radius 3 is 2.67 bits per heavy atom. The molecule has 5 rings (SSSR count). The summed E-state index contributed by atoms with van der Waals surface area (Å²) >= 11 is 6.05. The second-order valence-corrected chi connectivity index (χ2v) is 9.81. The lowest BCUT2D eigenvalue weighted by Crippen LogP contribution is -2.50. The van der Waals surface area contributed by atoms with Crippen LogP contribution in [0.5, 0.6) is 5.75 Å². The van der Waals surface area contributed by atoms with Crippen molar-refractivity contribution in [2.45, 2.75) is 49.7 Å². The number of carbonyl (C=O) groups is 1. The highest BCUT2D eigenvalue weighted by Crippen LogP contribution is 2.53. The van der Waals surface area contributed by atoms with Crippen molar-refractivity contribution in [3.05, 3.63) is 64.2 Å². The third kappa shape index (κ3) is 4.17. The molecule has 2 aromatic rings. The highest BCUT2D eigenvalue weighted by atomic mass is 35.5. The molecule has 0 unspecified atom stereocenters. The van der Waals surface area contributed by atoms with E-state index >= 15 is 4.39 Å². The molecule has 2 aromatic carbocycles. The summed E-state index contributed by atoms with van der Waals surface area (Å²) in [5.41, 5.74) is 0.573. The van der Waals surface area contributed by atoms with Crippen molar-refractivity contribution < 1.29 is 28.2 Å². The van der Waals surface area contributed by atoms with E-state index in [-0.39, 0.29) is 36.5 Å². The largest absolute Gasteiger partial charge is 0.490 e. The second kappa shape index (κ2) is 8.76. The molecule has 8 heteroatoms. The first kappa shape index (κ1) is 22.4. The maximum atomic E-state index is 15.2. The number of rotatable bonds is 3. The van der Waals surface area contributed by atoms with Gasteiger partial charge in [0.1, 0.15) is 11.9 Å². The van der Waals surface area contributed by atoms with Crippen LogP contribution in [-0.4, -0.2) is 48.0 Å². The predicted molar refractivity (Wildman–Crippen MR) is 118 cm³/mol. The van der Waals surface area contributed by atoms with Crippen molar-refractivity contribution >= 4 is 17.7 Å². The summed E-state index contributed by atoms with van der Waals surface area (Å²) < 4.78 is 41.3. The Morgan fingerprint density at radius 2 is 1.94 bits per heavy atom. The Labute approximate surface area is 196 Å². The van der Waals surface area contributed by atoms with Crippen LogP contribution in [0.15, 0.2) is 36.4 Å². The Morgan fingerprint density at radius 1 is 1.18 bits per heavy atom. The molecule has 1 amide bonds. The number of carbonyl (C=O) groups excluding carboxylic acids is 1. The van der Waals surface area contributed by atoms with Gasteiger partial charge in [0, 0.05) is 35.0 Å². The number of benzene rings is 2. The minimum absolute atomic E-state index is 0.0123. The lowest BCUT2D eigenvalue weighted by atomic mass is 9.58. The molecule has 0 radical (unpaired) electrons. The van der Waals surface area contributed by atoms with Gasteiger partial charge in [-0.05, 0) is 61.9 Å². The molecule has 1 saturated carbocycles. The van der Waals surface area contributed by atoms with E-state index in [1.807, 2.05) is 12.1 Å². The lowest BCUT2D eigenvalue weighted by molar-refractivity contribution is -0.0120. The van der Waals surface area contributed by atoms with E-state index in [2.05, 4.69) is 0 Å². The van der Waals surface area contributed by atoms with Crippen LogP contribution in [0.1, 0.15) is 36.8 Å². The zero-order valence-corrected chi connectivity index (χ0v) is 18.9. The SMILES string of the molecule is O=C(O[C@@H]1CC[C@@]2(Cc3ccc(Cl)cc3)c3c(F)ccc(F)c3OC[C@H]2C1)N1CC[C@@H](O)C1. The molecule has 0 bridgehead atoms. The predicted octanol–water partition coefficient (Wildman–Crippen LogP) is 4.86. The third-order valence-corrected chi connectivity index (χ3v) is 7.60. The number of nitrogens with zero attached hydrogens (tertiary/aromatic N) is 1. The third-order valence-electron chi connectivity index (χ3n) is 7.35. The van der Waals surface area contributed by atoms with Gasteiger partial charge in [-0.1, -0.05) is 23.7 Å². The number of halogens is 3. The smallest absolute Gasteiger partial charge is 0.410 e. The van der Waals surface area contributed by atoms with Crippen LogP contribution >= 0.6 is 11.6 Å². The van der Waals surface area contributed by atoms with Gasteiger partial charge in [0.2, 0.25) is 0 Å². The normalized spacial score (nSPS) is 28.6. The summed E-state index contributed by atoms with van der Waals surface area (Å²) in [6.45, 7) is 0.964. The van der Waals surface area contributed by atoms with E-state index in [1.165, 1.54) is 4.90 Å². The van der Waals surface area contributed by atoms with Crippen molar-refractivity contribution in [3.8, 4) is 5.75 Å². The highest BCUT2D eigenvalue weighted by Gasteiger charge is 2.52. The average Bonchev–Trinajstić information content (AvgIpc) is 3.24. The molecule has 0 spiro atoms. The Hall–Kier alpha value is -2.38. The van der Waals surface area contributed by atoms with Crippen molar-refractivity contribution in [2.24, 2.45) is 5.92 Å². The molecule has 1 saturated heterocycles. The minimum atomic E-state index is -0.680. The zero-order chi connectivity index (χ0) is 23.2. The summed E-state index contributed by atoms with van der Waals surface area (Å²) in [5.74, 6) is -1.22. The average molecular weight is 478 g/mol. The number of ether oxygens (including phenoxy) is 2. The summed E-state index contributed by atoms with van der Waals surface area (Å²) in [7, 11) is 0. The van der Waals surface area contributed by atoms with Gasteiger partial charge in [-0.2, -0.15) is 0 Å². The topological polar surface area (TPSA) is 59.0 Å².